The van der Waals surface area contributed by atoms with Crippen LogP contribution in [0.1, 0.15) is 72.3 Å². The summed E-state index contributed by atoms with van der Waals surface area (Å²) in [5.74, 6) is 0.0206. The summed E-state index contributed by atoms with van der Waals surface area (Å²) in [7, 11) is 0.210. The van der Waals surface area contributed by atoms with E-state index in [9.17, 15) is 18.6 Å². The van der Waals surface area contributed by atoms with Crippen LogP contribution in [0.2, 0.25) is 0 Å². The molecule has 1 aliphatic rings. The van der Waals surface area contributed by atoms with Gasteiger partial charge in [-0.3, -0.25) is 18.7 Å². The summed E-state index contributed by atoms with van der Waals surface area (Å²) in [6.45, 7) is 2.75. The summed E-state index contributed by atoms with van der Waals surface area (Å²) in [6, 6.07) is 9.72. The van der Waals surface area contributed by atoms with Crippen LogP contribution in [-0.2, 0) is 20.6 Å². The minimum absolute atomic E-state index is 0.0189. The molecule has 1 fully saturated rings. The molecule has 0 radical (unpaired) electrons. The van der Waals surface area contributed by atoms with Crippen LogP contribution < -0.4 is 14.9 Å². The molecular formula is C29H36N4O6S. The van der Waals surface area contributed by atoms with Gasteiger partial charge in [0.15, 0.2) is 0 Å². The van der Waals surface area contributed by atoms with Crippen LogP contribution in [0.5, 0.6) is 0 Å². The van der Waals surface area contributed by atoms with Crippen LogP contribution >= 0.6 is 0 Å². The molecule has 2 heterocycles. The predicted molar refractivity (Wildman–Crippen MR) is 155 cm³/mol. The van der Waals surface area contributed by atoms with Crippen LogP contribution in [0, 0.1) is 6.92 Å². The third kappa shape index (κ3) is 7.07. The van der Waals surface area contributed by atoms with Crippen molar-refractivity contribution >= 4 is 45.7 Å². The molecule has 1 aromatic carbocycles. The molecule has 1 unspecified atom stereocenters. The van der Waals surface area contributed by atoms with Gasteiger partial charge in [0.05, 0.1) is 10.9 Å². The minimum Gasteiger partial charge on any atom is -0.481 e. The number of carboxylic acid groups (broad SMARTS) is 1. The van der Waals surface area contributed by atoms with Crippen LogP contribution in [-0.4, -0.2) is 58.5 Å². The summed E-state index contributed by atoms with van der Waals surface area (Å²) in [4.78, 5) is 40.5. The molecule has 2 aromatic heterocycles. The molecule has 2 amide bonds. The molecule has 10 nitrogen and oxygen atoms in total. The van der Waals surface area contributed by atoms with Gasteiger partial charge in [0.25, 0.3) is 5.91 Å². The van der Waals surface area contributed by atoms with Crippen molar-refractivity contribution in [3.8, 4) is 11.3 Å². The molecule has 214 valence electrons. The molecule has 0 spiro atoms. The lowest BCUT2D eigenvalue weighted by molar-refractivity contribution is -0.137. The minimum atomic E-state index is -1.37. The van der Waals surface area contributed by atoms with Crippen LogP contribution in [0.3, 0.4) is 0 Å². The number of aliphatic carboxylic acids is 1. The Morgan fingerprint density at radius 3 is 2.48 bits per heavy atom. The normalized spacial score (nSPS) is 13.7. The number of rotatable bonds is 14. The Morgan fingerprint density at radius 2 is 1.85 bits per heavy atom. The van der Waals surface area contributed by atoms with E-state index in [0.717, 1.165) is 29.5 Å². The van der Waals surface area contributed by atoms with Gasteiger partial charge in [0.1, 0.15) is 22.6 Å². The third-order valence-electron chi connectivity index (χ3n) is 6.93. The van der Waals surface area contributed by atoms with Crippen LogP contribution in [0.15, 0.2) is 34.7 Å². The van der Waals surface area contributed by atoms with Crippen molar-refractivity contribution in [3.05, 3.63) is 47.0 Å². The quantitative estimate of drug-likeness (QED) is 0.246. The maximum absolute atomic E-state index is 13.0. The Balaban J connectivity index is 1.57. The van der Waals surface area contributed by atoms with Crippen LogP contribution in [0.25, 0.3) is 22.4 Å². The number of carbonyl (C=O) groups excluding carboxylic acids is 2. The number of benzene rings is 1. The van der Waals surface area contributed by atoms with E-state index in [4.69, 9.17) is 14.5 Å². The fraction of sp³-hybridized carbons (Fsp3) is 0.448. The smallest absolute Gasteiger partial charge is 0.303 e. The van der Waals surface area contributed by atoms with Crippen molar-refractivity contribution in [2.45, 2.75) is 57.8 Å². The number of unbranched alkanes of at least 4 members (excludes halogenated alkanes) is 1. The number of hydrogen-bond acceptors (Lipinski definition) is 6. The number of fused-ring (bicyclic) bond motifs is 1. The van der Waals surface area contributed by atoms with Crippen molar-refractivity contribution < 1.29 is 28.1 Å². The first-order chi connectivity index (χ1) is 19.2. The zero-order valence-corrected chi connectivity index (χ0v) is 23.9. The van der Waals surface area contributed by atoms with Gasteiger partial charge in [0.2, 0.25) is 11.6 Å². The van der Waals surface area contributed by atoms with Crippen molar-refractivity contribution in [1.82, 2.24) is 15.6 Å². The first-order valence-electron chi connectivity index (χ1n) is 13.6. The van der Waals surface area contributed by atoms with E-state index in [1.54, 1.807) is 17.6 Å². The molecule has 3 N–H and O–H groups in total. The van der Waals surface area contributed by atoms with Gasteiger partial charge < -0.3 is 20.2 Å². The number of carboxylic acids is 1. The van der Waals surface area contributed by atoms with Crippen molar-refractivity contribution in [1.29, 1.82) is 0 Å². The van der Waals surface area contributed by atoms with E-state index in [2.05, 4.69) is 10.6 Å². The van der Waals surface area contributed by atoms with Crippen LogP contribution in [0.4, 0.5) is 5.82 Å². The molecule has 3 aromatic rings. The fourth-order valence-corrected chi connectivity index (χ4v) is 5.41. The van der Waals surface area contributed by atoms with E-state index in [0.29, 0.717) is 67.0 Å². The van der Waals surface area contributed by atoms with E-state index in [1.807, 2.05) is 37.3 Å². The highest BCUT2D eigenvalue weighted by molar-refractivity contribution is 7.85. The summed E-state index contributed by atoms with van der Waals surface area (Å²) < 4.78 is 20.8. The highest BCUT2D eigenvalue weighted by Gasteiger charge is 2.33. The number of amides is 2. The Bertz CT molecular complexity index is 1410. The SMILES string of the molecule is CNC(=O)c1c(-c2ccc(C)cc2)oc2nc(N(CCCCC(=O)NCCCC(=O)O)S(C)=O)c(C3CC3)cc12. The summed E-state index contributed by atoms with van der Waals surface area (Å²) >= 11 is 0. The van der Waals surface area contributed by atoms with Crippen molar-refractivity contribution in [2.24, 2.45) is 0 Å². The highest BCUT2D eigenvalue weighted by atomic mass is 32.2. The van der Waals surface area contributed by atoms with Gasteiger partial charge in [-0.05, 0) is 56.6 Å². The number of anilines is 1. The molecule has 1 atom stereocenters. The molecule has 11 heteroatoms. The van der Waals surface area contributed by atoms with Gasteiger partial charge in [-0.1, -0.05) is 29.8 Å². The lowest BCUT2D eigenvalue weighted by atomic mass is 10.0. The number of nitrogens with zero attached hydrogens (tertiary/aromatic N) is 2. The van der Waals surface area contributed by atoms with E-state index >= 15 is 0 Å². The second kappa shape index (κ2) is 13.1. The van der Waals surface area contributed by atoms with Crippen molar-refractivity contribution in [3.63, 3.8) is 0 Å². The largest absolute Gasteiger partial charge is 0.481 e. The average Bonchev–Trinajstić information content (AvgIpc) is 3.70. The summed E-state index contributed by atoms with van der Waals surface area (Å²) in [6.07, 6.45) is 5.49. The molecule has 0 bridgehead atoms. The average molecular weight is 569 g/mol. The van der Waals surface area contributed by atoms with E-state index < -0.39 is 17.0 Å². The number of pyridine rings is 1. The predicted octanol–water partition coefficient (Wildman–Crippen LogP) is 4.29. The molecule has 1 saturated carbocycles. The first-order valence-corrected chi connectivity index (χ1v) is 15.1. The molecule has 4 rings (SSSR count). The molecular weight excluding hydrogens is 532 g/mol. The van der Waals surface area contributed by atoms with Gasteiger partial charge in [-0.25, -0.2) is 4.21 Å². The standard InChI is InChI=1S/C29H36N4O6S/c1-18-9-11-20(12-10-18)26-25(28(37)30-2)22-17-21(19-13-14-19)27(32-29(22)39-26)33(40(3)38)16-5-4-7-23(34)31-15-6-8-24(35)36/h9-12,17,19H,4-8,13-16H2,1-3H3,(H,30,37)(H,31,34)(H,35,36). The number of hydrogen-bond donors (Lipinski definition) is 3. The van der Waals surface area contributed by atoms with Gasteiger partial charge in [0, 0.05) is 44.8 Å². The van der Waals surface area contributed by atoms with E-state index in [1.165, 1.54) is 0 Å². The second-order valence-corrected chi connectivity index (χ2v) is 11.4. The Hall–Kier alpha value is -3.73. The summed E-state index contributed by atoms with van der Waals surface area (Å²) in [5.41, 5.74) is 3.55. The molecule has 40 heavy (non-hydrogen) atoms. The lowest BCUT2D eigenvalue weighted by Crippen LogP contribution is -2.29. The molecule has 0 saturated heterocycles. The van der Waals surface area contributed by atoms with Crippen molar-refractivity contribution in [2.75, 3.05) is 30.7 Å². The zero-order chi connectivity index (χ0) is 28.8. The van der Waals surface area contributed by atoms with Gasteiger partial charge in [-0.15, -0.1) is 0 Å². The number of carbonyl (C=O) groups is 3. The maximum Gasteiger partial charge on any atom is 0.303 e. The highest BCUT2D eigenvalue weighted by Crippen LogP contribution is 2.46. The van der Waals surface area contributed by atoms with Gasteiger partial charge >= 0.3 is 5.97 Å². The topological polar surface area (TPSA) is 142 Å². The number of aryl methyl sites for hydroxylation is 1. The number of aromatic nitrogens is 1. The maximum atomic E-state index is 13.0. The fourth-order valence-electron chi connectivity index (χ4n) is 4.64. The Labute approximate surface area is 236 Å². The monoisotopic (exact) mass is 568 g/mol. The molecule has 1 aliphatic carbocycles. The zero-order valence-electron chi connectivity index (χ0n) is 23.1. The Morgan fingerprint density at radius 1 is 1.12 bits per heavy atom. The second-order valence-electron chi connectivity index (χ2n) is 10.1. The Kier molecular flexibility index (Phi) is 9.57. The lowest BCUT2D eigenvalue weighted by Gasteiger charge is -2.23. The van der Waals surface area contributed by atoms with Gasteiger partial charge in [-0.2, -0.15) is 4.98 Å². The summed E-state index contributed by atoms with van der Waals surface area (Å²) in [5, 5.41) is 14.8. The first kappa shape index (κ1) is 29.3. The molecule has 0 aliphatic heterocycles. The number of nitrogens with one attached hydrogen (secondary N) is 2. The third-order valence-corrected chi connectivity index (χ3v) is 7.90. The number of furan rings is 1. The van der Waals surface area contributed by atoms with E-state index in [-0.39, 0.29) is 24.2 Å².